The molecule has 0 aliphatic rings. The number of rotatable bonds is 5. The lowest BCUT2D eigenvalue weighted by molar-refractivity contribution is -0.117. The summed E-state index contributed by atoms with van der Waals surface area (Å²) in [6, 6.07) is 3.67. The SMILES string of the molecule is NC(=O)c1cc(NCC(F)(F)C(F)F)ccc1N. The summed E-state index contributed by atoms with van der Waals surface area (Å²) in [6.45, 7) is -1.26. The Morgan fingerprint density at radius 2 is 2.00 bits per heavy atom. The van der Waals surface area contributed by atoms with Crippen LogP contribution in [0.4, 0.5) is 28.9 Å². The topological polar surface area (TPSA) is 81.1 Å². The van der Waals surface area contributed by atoms with Crippen LogP contribution in [0.1, 0.15) is 10.4 Å². The Labute approximate surface area is 99.9 Å². The van der Waals surface area contributed by atoms with Crippen molar-refractivity contribution in [2.75, 3.05) is 17.6 Å². The van der Waals surface area contributed by atoms with Crippen LogP contribution in [0, 0.1) is 0 Å². The maximum Gasteiger partial charge on any atom is 0.324 e. The number of primary amides is 1. The largest absolute Gasteiger partial charge is 0.398 e. The van der Waals surface area contributed by atoms with Crippen molar-refractivity contribution >= 4 is 17.3 Å². The molecule has 1 aromatic rings. The summed E-state index contributed by atoms with van der Waals surface area (Å²) in [4.78, 5) is 10.9. The Morgan fingerprint density at radius 3 is 2.50 bits per heavy atom. The first kappa shape index (κ1) is 14.1. The number of amides is 1. The van der Waals surface area contributed by atoms with Gasteiger partial charge in [0, 0.05) is 11.4 Å². The molecule has 0 aliphatic carbocycles. The van der Waals surface area contributed by atoms with Crippen LogP contribution < -0.4 is 16.8 Å². The molecule has 1 rings (SSSR count). The molecule has 0 saturated carbocycles. The third-order valence-electron chi connectivity index (χ3n) is 2.17. The van der Waals surface area contributed by atoms with Crippen molar-refractivity contribution in [1.82, 2.24) is 0 Å². The lowest BCUT2D eigenvalue weighted by Crippen LogP contribution is -2.34. The van der Waals surface area contributed by atoms with Crippen molar-refractivity contribution in [2.45, 2.75) is 12.3 Å². The van der Waals surface area contributed by atoms with E-state index in [1.54, 1.807) is 0 Å². The minimum absolute atomic E-state index is 0.0540. The highest BCUT2D eigenvalue weighted by molar-refractivity contribution is 5.98. The first-order valence-electron chi connectivity index (χ1n) is 4.83. The van der Waals surface area contributed by atoms with Crippen LogP contribution >= 0.6 is 0 Å². The Hall–Kier alpha value is -1.99. The van der Waals surface area contributed by atoms with Crippen LogP contribution in [-0.2, 0) is 0 Å². The summed E-state index contributed by atoms with van der Waals surface area (Å²) in [5, 5.41) is 2.10. The number of nitrogens with one attached hydrogen (secondary N) is 1. The molecule has 1 amide bonds. The van der Waals surface area contributed by atoms with Crippen LogP contribution in [0.3, 0.4) is 0 Å². The number of carbonyl (C=O) groups excluding carboxylic acids is 1. The molecule has 0 bridgehead atoms. The van der Waals surface area contributed by atoms with Crippen molar-refractivity contribution in [3.05, 3.63) is 23.8 Å². The second-order valence-corrected chi connectivity index (χ2v) is 3.58. The maximum absolute atomic E-state index is 12.6. The molecule has 0 spiro atoms. The monoisotopic (exact) mass is 265 g/mol. The molecule has 1 aromatic carbocycles. The van der Waals surface area contributed by atoms with Crippen molar-refractivity contribution in [1.29, 1.82) is 0 Å². The molecule has 100 valence electrons. The molecule has 0 heterocycles. The van der Waals surface area contributed by atoms with Crippen molar-refractivity contribution in [3.63, 3.8) is 0 Å². The van der Waals surface area contributed by atoms with Crippen LogP contribution in [0.15, 0.2) is 18.2 Å². The number of nitrogens with two attached hydrogens (primary N) is 2. The zero-order valence-electron chi connectivity index (χ0n) is 9.09. The minimum atomic E-state index is -4.16. The number of anilines is 2. The normalized spacial score (nSPS) is 11.6. The number of halogens is 4. The highest BCUT2D eigenvalue weighted by Crippen LogP contribution is 2.24. The highest BCUT2D eigenvalue weighted by Gasteiger charge is 2.40. The van der Waals surface area contributed by atoms with Gasteiger partial charge in [-0.2, -0.15) is 8.78 Å². The lowest BCUT2D eigenvalue weighted by atomic mass is 10.1. The third kappa shape index (κ3) is 3.25. The van der Waals surface area contributed by atoms with Crippen LogP contribution in [0.5, 0.6) is 0 Å². The van der Waals surface area contributed by atoms with Crippen LogP contribution in [0.2, 0.25) is 0 Å². The number of alkyl halides is 4. The van der Waals surface area contributed by atoms with E-state index < -0.39 is 24.8 Å². The van der Waals surface area contributed by atoms with E-state index in [4.69, 9.17) is 11.5 Å². The Kier molecular flexibility index (Phi) is 4.00. The maximum atomic E-state index is 12.6. The van der Waals surface area contributed by atoms with Gasteiger partial charge in [-0.25, -0.2) is 8.78 Å². The van der Waals surface area contributed by atoms with Crippen LogP contribution in [0.25, 0.3) is 0 Å². The van der Waals surface area contributed by atoms with Gasteiger partial charge in [0.1, 0.15) is 0 Å². The van der Waals surface area contributed by atoms with E-state index in [9.17, 15) is 22.4 Å². The minimum Gasteiger partial charge on any atom is -0.398 e. The Balaban J connectivity index is 2.81. The second kappa shape index (κ2) is 5.11. The Bertz CT molecular complexity index is 451. The lowest BCUT2D eigenvalue weighted by Gasteiger charge is -2.17. The van der Waals surface area contributed by atoms with Crippen molar-refractivity contribution in [2.24, 2.45) is 5.73 Å². The standard InChI is InChI=1S/C10H11F4N3O/c11-9(12)10(13,14)4-17-5-1-2-7(15)6(3-5)8(16)18/h1-3,9,17H,4,15H2,(H2,16,18). The molecule has 18 heavy (non-hydrogen) atoms. The molecule has 0 aromatic heterocycles. The van der Waals surface area contributed by atoms with Gasteiger partial charge in [0.2, 0.25) is 0 Å². The van der Waals surface area contributed by atoms with Crippen molar-refractivity contribution < 1.29 is 22.4 Å². The van der Waals surface area contributed by atoms with Gasteiger partial charge >= 0.3 is 12.3 Å². The van der Waals surface area contributed by atoms with Gasteiger partial charge in [-0.05, 0) is 18.2 Å². The fourth-order valence-electron chi connectivity index (χ4n) is 1.18. The summed E-state index contributed by atoms with van der Waals surface area (Å²) in [7, 11) is 0. The predicted molar refractivity (Wildman–Crippen MR) is 58.8 cm³/mol. The third-order valence-corrected chi connectivity index (χ3v) is 2.17. The molecule has 0 radical (unpaired) electrons. The molecule has 8 heteroatoms. The first-order valence-corrected chi connectivity index (χ1v) is 4.83. The van der Waals surface area contributed by atoms with Gasteiger partial charge in [0.15, 0.2) is 0 Å². The van der Waals surface area contributed by atoms with Gasteiger partial charge in [0.25, 0.3) is 5.91 Å². The Morgan fingerprint density at radius 1 is 1.39 bits per heavy atom. The van der Waals surface area contributed by atoms with E-state index in [1.807, 2.05) is 0 Å². The van der Waals surface area contributed by atoms with Gasteiger partial charge < -0.3 is 16.8 Å². The fraction of sp³-hybridized carbons (Fsp3) is 0.300. The molecule has 0 unspecified atom stereocenters. The number of nitrogen functional groups attached to an aromatic ring is 1. The second-order valence-electron chi connectivity index (χ2n) is 3.58. The van der Waals surface area contributed by atoms with Gasteiger partial charge in [-0.3, -0.25) is 4.79 Å². The molecular weight excluding hydrogens is 254 g/mol. The van der Waals surface area contributed by atoms with Gasteiger partial charge in [-0.1, -0.05) is 0 Å². The molecule has 0 saturated heterocycles. The summed E-state index contributed by atoms with van der Waals surface area (Å²) < 4.78 is 49.1. The van der Waals surface area contributed by atoms with Crippen LogP contribution in [-0.4, -0.2) is 24.8 Å². The summed E-state index contributed by atoms with van der Waals surface area (Å²) >= 11 is 0. The van der Waals surface area contributed by atoms with E-state index in [0.717, 1.165) is 6.07 Å². The first-order chi connectivity index (χ1) is 8.24. The summed E-state index contributed by atoms with van der Waals surface area (Å²) in [6.07, 6.45) is -3.77. The number of hydrogen-bond donors (Lipinski definition) is 3. The number of hydrogen-bond acceptors (Lipinski definition) is 3. The van der Waals surface area contributed by atoms with Gasteiger partial charge in [0.05, 0.1) is 12.1 Å². The average Bonchev–Trinajstić information content (AvgIpc) is 2.27. The summed E-state index contributed by atoms with van der Waals surface area (Å²) in [5.41, 5.74) is 10.5. The number of carbonyl (C=O) groups is 1. The van der Waals surface area contributed by atoms with Gasteiger partial charge in [-0.15, -0.1) is 0 Å². The van der Waals surface area contributed by atoms with E-state index in [2.05, 4.69) is 5.32 Å². The molecule has 0 fully saturated rings. The van der Waals surface area contributed by atoms with E-state index >= 15 is 0 Å². The number of benzene rings is 1. The fourth-order valence-corrected chi connectivity index (χ4v) is 1.18. The average molecular weight is 265 g/mol. The van der Waals surface area contributed by atoms with Crippen molar-refractivity contribution in [3.8, 4) is 0 Å². The predicted octanol–water partition coefficient (Wildman–Crippen LogP) is 1.68. The molecule has 0 aliphatic heterocycles. The van der Waals surface area contributed by atoms with E-state index in [0.29, 0.717) is 0 Å². The quantitative estimate of drug-likeness (QED) is 0.559. The highest BCUT2D eigenvalue weighted by atomic mass is 19.3. The molecule has 0 atom stereocenters. The summed E-state index contributed by atoms with van der Waals surface area (Å²) in [5.74, 6) is -4.99. The van der Waals surface area contributed by atoms with E-state index in [-0.39, 0.29) is 16.9 Å². The molecule has 5 N–H and O–H groups in total. The zero-order chi connectivity index (χ0) is 13.9. The molecule has 4 nitrogen and oxygen atoms in total. The molecular formula is C10H11F4N3O. The smallest absolute Gasteiger partial charge is 0.324 e. The zero-order valence-corrected chi connectivity index (χ0v) is 9.09. The van der Waals surface area contributed by atoms with E-state index in [1.165, 1.54) is 12.1 Å².